The molecule has 3 nitrogen and oxygen atoms in total. The highest BCUT2D eigenvalue weighted by Crippen LogP contribution is 2.33. The van der Waals surface area contributed by atoms with E-state index in [1.165, 1.54) is 0 Å². The van der Waals surface area contributed by atoms with Crippen LogP contribution in [0.15, 0.2) is 18.2 Å². The number of carbonyl (C=O) groups is 1. The van der Waals surface area contributed by atoms with Crippen molar-refractivity contribution < 1.29 is 4.79 Å². The molecule has 0 radical (unpaired) electrons. The van der Waals surface area contributed by atoms with Gasteiger partial charge in [0.05, 0.1) is 10.7 Å². The SMILES string of the molecule is CCC1CC1NC(=O)c1ccc(Cl)c(N)c1. The molecule has 1 fully saturated rings. The van der Waals surface area contributed by atoms with Crippen molar-refractivity contribution in [2.24, 2.45) is 5.92 Å². The first kappa shape index (κ1) is 11.3. The Kier molecular flexibility index (Phi) is 3.06. The van der Waals surface area contributed by atoms with Gasteiger partial charge in [-0.2, -0.15) is 0 Å². The van der Waals surface area contributed by atoms with Gasteiger partial charge in [0.15, 0.2) is 0 Å². The number of hydrogen-bond acceptors (Lipinski definition) is 2. The molecule has 0 heterocycles. The summed E-state index contributed by atoms with van der Waals surface area (Å²) in [5.41, 5.74) is 6.66. The molecule has 0 aliphatic heterocycles. The maximum absolute atomic E-state index is 11.8. The highest BCUT2D eigenvalue weighted by molar-refractivity contribution is 6.33. The van der Waals surface area contributed by atoms with E-state index < -0.39 is 0 Å². The van der Waals surface area contributed by atoms with E-state index >= 15 is 0 Å². The molecule has 1 aliphatic carbocycles. The van der Waals surface area contributed by atoms with Crippen molar-refractivity contribution >= 4 is 23.2 Å². The Hall–Kier alpha value is -1.22. The van der Waals surface area contributed by atoms with Crippen LogP contribution in [0, 0.1) is 5.92 Å². The Bertz CT molecular complexity index is 419. The number of rotatable bonds is 3. The van der Waals surface area contributed by atoms with Crippen LogP contribution in [0.25, 0.3) is 0 Å². The van der Waals surface area contributed by atoms with E-state index in [4.69, 9.17) is 17.3 Å². The maximum Gasteiger partial charge on any atom is 0.251 e. The average molecular weight is 239 g/mol. The summed E-state index contributed by atoms with van der Waals surface area (Å²) >= 11 is 5.79. The zero-order chi connectivity index (χ0) is 11.7. The number of nitrogens with one attached hydrogen (secondary N) is 1. The number of amides is 1. The summed E-state index contributed by atoms with van der Waals surface area (Å²) in [6.07, 6.45) is 2.21. The third kappa shape index (κ3) is 2.30. The molecule has 2 rings (SSSR count). The lowest BCUT2D eigenvalue weighted by atomic mass is 10.2. The molecule has 1 aromatic rings. The van der Waals surface area contributed by atoms with Crippen molar-refractivity contribution in [1.82, 2.24) is 5.32 Å². The van der Waals surface area contributed by atoms with Crippen molar-refractivity contribution in [3.63, 3.8) is 0 Å². The van der Waals surface area contributed by atoms with Crippen molar-refractivity contribution in [3.05, 3.63) is 28.8 Å². The monoisotopic (exact) mass is 238 g/mol. The molecular formula is C12H15ClN2O. The van der Waals surface area contributed by atoms with Crippen LogP contribution >= 0.6 is 11.6 Å². The molecule has 86 valence electrons. The molecule has 2 unspecified atom stereocenters. The largest absolute Gasteiger partial charge is 0.398 e. The first-order valence-electron chi connectivity index (χ1n) is 5.47. The van der Waals surface area contributed by atoms with Gasteiger partial charge < -0.3 is 11.1 Å². The number of halogens is 1. The van der Waals surface area contributed by atoms with Crippen molar-refractivity contribution in [3.8, 4) is 0 Å². The highest BCUT2D eigenvalue weighted by atomic mass is 35.5. The van der Waals surface area contributed by atoms with Crippen LogP contribution in [-0.4, -0.2) is 11.9 Å². The number of anilines is 1. The van der Waals surface area contributed by atoms with Crippen LogP contribution in [0.4, 0.5) is 5.69 Å². The van der Waals surface area contributed by atoms with Crippen LogP contribution in [0.1, 0.15) is 30.1 Å². The van der Waals surface area contributed by atoms with Crippen molar-refractivity contribution in [1.29, 1.82) is 0 Å². The van der Waals surface area contributed by atoms with E-state index in [1.54, 1.807) is 18.2 Å². The van der Waals surface area contributed by atoms with Gasteiger partial charge in [-0.3, -0.25) is 4.79 Å². The van der Waals surface area contributed by atoms with Gasteiger partial charge in [-0.15, -0.1) is 0 Å². The first-order valence-corrected chi connectivity index (χ1v) is 5.85. The van der Waals surface area contributed by atoms with Gasteiger partial charge in [0.2, 0.25) is 0 Å². The summed E-state index contributed by atoms with van der Waals surface area (Å²) in [4.78, 5) is 11.8. The van der Waals surface area contributed by atoms with Crippen molar-refractivity contribution in [2.75, 3.05) is 5.73 Å². The summed E-state index contributed by atoms with van der Waals surface area (Å²) in [5, 5.41) is 3.46. The predicted octanol–water partition coefficient (Wildman–Crippen LogP) is 2.45. The van der Waals surface area contributed by atoms with E-state index in [-0.39, 0.29) is 5.91 Å². The fraction of sp³-hybridized carbons (Fsp3) is 0.417. The summed E-state index contributed by atoms with van der Waals surface area (Å²) in [6.45, 7) is 2.14. The number of benzene rings is 1. The van der Waals surface area contributed by atoms with E-state index in [1.807, 2.05) is 0 Å². The third-order valence-electron chi connectivity index (χ3n) is 3.02. The van der Waals surface area contributed by atoms with E-state index in [2.05, 4.69) is 12.2 Å². The molecule has 1 saturated carbocycles. The van der Waals surface area contributed by atoms with Gasteiger partial charge >= 0.3 is 0 Å². The molecule has 0 aromatic heterocycles. The quantitative estimate of drug-likeness (QED) is 0.795. The summed E-state index contributed by atoms with van der Waals surface area (Å²) in [5.74, 6) is 0.581. The second kappa shape index (κ2) is 4.34. The van der Waals surface area contributed by atoms with E-state index in [9.17, 15) is 4.79 Å². The number of nitrogens with two attached hydrogens (primary N) is 1. The third-order valence-corrected chi connectivity index (χ3v) is 3.37. The smallest absolute Gasteiger partial charge is 0.251 e. The Morgan fingerprint density at radius 2 is 2.38 bits per heavy atom. The standard InChI is InChI=1S/C12H15ClN2O/c1-2-7-6-11(7)15-12(16)8-3-4-9(13)10(14)5-8/h3-5,7,11H,2,6,14H2,1H3,(H,15,16). The Labute approximate surface area is 100.0 Å². The van der Waals surface area contributed by atoms with E-state index in [0.29, 0.717) is 28.2 Å². The zero-order valence-corrected chi connectivity index (χ0v) is 9.92. The molecule has 0 bridgehead atoms. The van der Waals surface area contributed by atoms with E-state index in [0.717, 1.165) is 12.8 Å². The van der Waals surface area contributed by atoms with Gasteiger partial charge in [-0.05, 0) is 30.5 Å². The van der Waals surface area contributed by atoms with Gasteiger partial charge in [0, 0.05) is 11.6 Å². The fourth-order valence-electron chi connectivity index (χ4n) is 1.81. The molecule has 16 heavy (non-hydrogen) atoms. The minimum atomic E-state index is -0.0654. The molecule has 0 spiro atoms. The average Bonchev–Trinajstić information content (AvgIpc) is 3.00. The summed E-state index contributed by atoms with van der Waals surface area (Å²) in [7, 11) is 0. The van der Waals surface area contributed by atoms with Gasteiger partial charge in [0.1, 0.15) is 0 Å². The number of hydrogen-bond donors (Lipinski definition) is 2. The fourth-order valence-corrected chi connectivity index (χ4v) is 1.93. The second-order valence-electron chi connectivity index (χ2n) is 4.22. The molecule has 1 amide bonds. The Morgan fingerprint density at radius 1 is 1.62 bits per heavy atom. The Balaban J connectivity index is 2.01. The molecular weight excluding hydrogens is 224 g/mol. The second-order valence-corrected chi connectivity index (χ2v) is 4.63. The summed E-state index contributed by atoms with van der Waals surface area (Å²) < 4.78 is 0. The molecule has 1 aliphatic rings. The van der Waals surface area contributed by atoms with Gasteiger partial charge in [-0.25, -0.2) is 0 Å². The maximum atomic E-state index is 11.8. The lowest BCUT2D eigenvalue weighted by Gasteiger charge is -2.05. The van der Waals surface area contributed by atoms with Crippen molar-refractivity contribution in [2.45, 2.75) is 25.8 Å². The van der Waals surface area contributed by atoms with Crippen LogP contribution < -0.4 is 11.1 Å². The van der Waals surface area contributed by atoms with Crippen LogP contribution in [0.3, 0.4) is 0 Å². The molecule has 4 heteroatoms. The van der Waals surface area contributed by atoms with Gasteiger partial charge in [0.25, 0.3) is 5.91 Å². The molecule has 1 aromatic carbocycles. The highest BCUT2D eigenvalue weighted by Gasteiger charge is 2.36. The van der Waals surface area contributed by atoms with Crippen LogP contribution in [0.2, 0.25) is 5.02 Å². The number of nitrogen functional groups attached to an aromatic ring is 1. The predicted molar refractivity (Wildman–Crippen MR) is 65.5 cm³/mol. The summed E-state index contributed by atoms with van der Waals surface area (Å²) in [6, 6.07) is 5.29. The zero-order valence-electron chi connectivity index (χ0n) is 9.16. The lowest BCUT2D eigenvalue weighted by molar-refractivity contribution is 0.0949. The number of carbonyl (C=O) groups excluding carboxylic acids is 1. The molecule has 3 N–H and O–H groups in total. The molecule has 0 saturated heterocycles. The molecule has 2 atom stereocenters. The van der Waals surface area contributed by atoms with Gasteiger partial charge in [-0.1, -0.05) is 24.9 Å². The Morgan fingerprint density at radius 3 is 2.94 bits per heavy atom. The normalized spacial score (nSPS) is 22.9. The van der Waals surface area contributed by atoms with Crippen LogP contribution in [0.5, 0.6) is 0 Å². The minimum absolute atomic E-state index is 0.0654. The minimum Gasteiger partial charge on any atom is -0.398 e. The first-order chi connectivity index (χ1) is 7.61. The lowest BCUT2D eigenvalue weighted by Crippen LogP contribution is -2.26. The topological polar surface area (TPSA) is 55.1 Å². The van der Waals surface area contributed by atoms with Crippen LogP contribution in [-0.2, 0) is 0 Å².